The second kappa shape index (κ2) is 6.46. The molecule has 0 fully saturated rings. The predicted molar refractivity (Wildman–Crippen MR) is 95.6 cm³/mol. The van der Waals surface area contributed by atoms with Crippen molar-refractivity contribution in [1.29, 1.82) is 0 Å². The monoisotopic (exact) mass is 371 g/mol. The molecule has 0 saturated heterocycles. The van der Waals surface area contributed by atoms with Gasteiger partial charge in [-0.15, -0.1) is 0 Å². The highest BCUT2D eigenvalue weighted by Gasteiger charge is 2.28. The molecular weight excluding hydrogens is 357 g/mol. The van der Waals surface area contributed by atoms with Crippen LogP contribution in [0.1, 0.15) is 21.6 Å². The number of aromatic nitrogens is 2. The number of fused-ring (bicyclic) bond motifs is 3. The first-order valence-corrected chi connectivity index (χ1v) is 8.42. The lowest BCUT2D eigenvalue weighted by molar-refractivity contribution is 0.0942. The Morgan fingerprint density at radius 3 is 2.96 bits per heavy atom. The van der Waals surface area contributed by atoms with E-state index in [-0.39, 0.29) is 30.6 Å². The van der Waals surface area contributed by atoms with Gasteiger partial charge in [0.25, 0.3) is 5.91 Å². The quantitative estimate of drug-likeness (QED) is 0.763. The summed E-state index contributed by atoms with van der Waals surface area (Å²) in [6.07, 6.45) is 0. The van der Waals surface area contributed by atoms with Crippen LogP contribution in [0.2, 0.25) is 5.02 Å². The number of carbonyl (C=O) groups is 1. The van der Waals surface area contributed by atoms with Crippen molar-refractivity contribution < 1.29 is 13.9 Å². The highest BCUT2D eigenvalue weighted by atomic mass is 35.5. The molecule has 0 bridgehead atoms. The largest absolute Gasteiger partial charge is 0.488 e. The second-order valence-electron chi connectivity index (χ2n) is 6.00. The van der Waals surface area contributed by atoms with Crippen LogP contribution in [0.25, 0.3) is 11.3 Å². The van der Waals surface area contributed by atoms with Gasteiger partial charge in [-0.1, -0.05) is 29.8 Å². The molecule has 26 heavy (non-hydrogen) atoms. The maximum absolute atomic E-state index is 13.7. The first-order valence-electron chi connectivity index (χ1n) is 8.05. The summed E-state index contributed by atoms with van der Waals surface area (Å²) in [4.78, 5) is 12.6. The van der Waals surface area contributed by atoms with Gasteiger partial charge in [0.1, 0.15) is 18.2 Å². The van der Waals surface area contributed by atoms with Crippen LogP contribution < -0.4 is 10.1 Å². The van der Waals surface area contributed by atoms with E-state index < -0.39 is 0 Å². The van der Waals surface area contributed by atoms with Gasteiger partial charge < -0.3 is 10.1 Å². The van der Waals surface area contributed by atoms with Gasteiger partial charge in [-0.2, -0.15) is 5.10 Å². The maximum Gasteiger partial charge on any atom is 0.272 e. The van der Waals surface area contributed by atoms with Crippen molar-refractivity contribution in [3.63, 3.8) is 0 Å². The molecule has 0 spiro atoms. The number of aryl methyl sites for hydroxylation is 1. The fourth-order valence-electron chi connectivity index (χ4n) is 3.09. The van der Waals surface area contributed by atoms with Crippen molar-refractivity contribution in [2.75, 3.05) is 0 Å². The SMILES string of the molecule is Cn1nc(C(=O)NCc2ccccc2F)c2c1-c1ccc(Cl)cc1OC2. The van der Waals surface area contributed by atoms with E-state index in [9.17, 15) is 9.18 Å². The van der Waals surface area contributed by atoms with Crippen LogP contribution in [0.15, 0.2) is 42.5 Å². The minimum Gasteiger partial charge on any atom is -0.488 e. The number of hydrogen-bond donors (Lipinski definition) is 1. The Morgan fingerprint density at radius 2 is 2.15 bits per heavy atom. The summed E-state index contributed by atoms with van der Waals surface area (Å²) in [5.74, 6) is -0.0672. The van der Waals surface area contributed by atoms with Crippen LogP contribution in [0.4, 0.5) is 4.39 Å². The molecule has 1 N–H and O–H groups in total. The number of hydrogen-bond acceptors (Lipinski definition) is 3. The number of nitrogens with zero attached hydrogens (tertiary/aromatic N) is 2. The van der Waals surface area contributed by atoms with E-state index in [1.54, 1.807) is 42.1 Å². The molecule has 4 rings (SSSR count). The first kappa shape index (κ1) is 16.6. The van der Waals surface area contributed by atoms with Crippen molar-refractivity contribution in [1.82, 2.24) is 15.1 Å². The van der Waals surface area contributed by atoms with E-state index in [4.69, 9.17) is 16.3 Å². The number of amides is 1. The van der Waals surface area contributed by atoms with Crippen molar-refractivity contribution in [2.45, 2.75) is 13.2 Å². The van der Waals surface area contributed by atoms with Gasteiger partial charge in [0.05, 0.1) is 5.69 Å². The van der Waals surface area contributed by atoms with Gasteiger partial charge in [0, 0.05) is 35.3 Å². The molecule has 0 atom stereocenters. The van der Waals surface area contributed by atoms with Gasteiger partial charge in [0.2, 0.25) is 0 Å². The fourth-order valence-corrected chi connectivity index (χ4v) is 3.25. The van der Waals surface area contributed by atoms with Crippen LogP contribution in [0.5, 0.6) is 5.75 Å². The summed E-state index contributed by atoms with van der Waals surface area (Å²) < 4.78 is 21.1. The lowest BCUT2D eigenvalue weighted by Gasteiger charge is -2.19. The van der Waals surface area contributed by atoms with Gasteiger partial charge >= 0.3 is 0 Å². The molecule has 1 amide bonds. The van der Waals surface area contributed by atoms with Gasteiger partial charge in [-0.3, -0.25) is 9.48 Å². The summed E-state index contributed by atoms with van der Waals surface area (Å²) in [5.41, 5.74) is 3.05. The van der Waals surface area contributed by atoms with Gasteiger partial charge in [-0.05, 0) is 24.3 Å². The molecule has 2 heterocycles. The smallest absolute Gasteiger partial charge is 0.272 e. The standard InChI is InChI=1S/C19H15ClFN3O2/c1-24-18-13-7-6-12(20)8-16(13)26-10-14(18)17(23-24)19(25)22-9-11-4-2-3-5-15(11)21/h2-8H,9-10H2,1H3,(H,22,25). The lowest BCUT2D eigenvalue weighted by atomic mass is 10.0. The average Bonchev–Trinajstić information content (AvgIpc) is 2.98. The highest BCUT2D eigenvalue weighted by molar-refractivity contribution is 6.30. The Morgan fingerprint density at radius 1 is 1.35 bits per heavy atom. The molecule has 0 radical (unpaired) electrons. The summed E-state index contributed by atoms with van der Waals surface area (Å²) in [5, 5.41) is 7.65. The lowest BCUT2D eigenvalue weighted by Crippen LogP contribution is -2.25. The number of carbonyl (C=O) groups excluding carboxylic acids is 1. The Bertz CT molecular complexity index is 1020. The van der Waals surface area contributed by atoms with Crippen LogP contribution in [-0.4, -0.2) is 15.7 Å². The van der Waals surface area contributed by atoms with Gasteiger partial charge in [0.15, 0.2) is 5.69 Å². The van der Waals surface area contributed by atoms with E-state index in [1.165, 1.54) is 6.07 Å². The van der Waals surface area contributed by atoms with Crippen LogP contribution >= 0.6 is 11.6 Å². The van der Waals surface area contributed by atoms with Crippen molar-refractivity contribution in [3.05, 3.63) is 70.1 Å². The Hall–Kier alpha value is -2.86. The summed E-state index contributed by atoms with van der Waals surface area (Å²) in [7, 11) is 1.77. The summed E-state index contributed by atoms with van der Waals surface area (Å²) in [6, 6.07) is 11.7. The fraction of sp³-hybridized carbons (Fsp3) is 0.158. The zero-order valence-electron chi connectivity index (χ0n) is 13.9. The molecule has 1 aliphatic heterocycles. The topological polar surface area (TPSA) is 56.2 Å². The third-order valence-corrected chi connectivity index (χ3v) is 4.56. The third-order valence-electron chi connectivity index (χ3n) is 4.33. The van der Waals surface area contributed by atoms with E-state index in [2.05, 4.69) is 10.4 Å². The van der Waals surface area contributed by atoms with E-state index in [0.717, 1.165) is 11.3 Å². The van der Waals surface area contributed by atoms with Gasteiger partial charge in [-0.25, -0.2) is 4.39 Å². The molecule has 7 heteroatoms. The Labute approximate surface area is 154 Å². The molecule has 132 valence electrons. The predicted octanol–water partition coefficient (Wildman–Crippen LogP) is 3.70. The minimum atomic E-state index is -0.369. The Kier molecular flexibility index (Phi) is 4.12. The number of ether oxygens (including phenoxy) is 1. The van der Waals surface area contributed by atoms with Crippen molar-refractivity contribution >= 4 is 17.5 Å². The summed E-state index contributed by atoms with van der Waals surface area (Å²) >= 11 is 6.01. The number of rotatable bonds is 3. The molecule has 1 aromatic heterocycles. The van der Waals surface area contributed by atoms with Crippen LogP contribution in [-0.2, 0) is 20.2 Å². The first-order chi connectivity index (χ1) is 12.5. The second-order valence-corrected chi connectivity index (χ2v) is 6.44. The molecule has 3 aromatic rings. The highest BCUT2D eigenvalue weighted by Crippen LogP contribution is 2.39. The molecule has 2 aromatic carbocycles. The van der Waals surface area contributed by atoms with E-state index >= 15 is 0 Å². The Balaban J connectivity index is 1.63. The molecular formula is C19H15ClFN3O2. The van der Waals surface area contributed by atoms with Crippen LogP contribution in [0.3, 0.4) is 0 Å². The maximum atomic E-state index is 13.7. The minimum absolute atomic E-state index is 0.0872. The third kappa shape index (κ3) is 2.82. The molecule has 1 aliphatic rings. The zero-order valence-corrected chi connectivity index (χ0v) is 14.7. The molecule has 0 unspecified atom stereocenters. The van der Waals surface area contributed by atoms with E-state index in [0.29, 0.717) is 21.9 Å². The average molecular weight is 372 g/mol. The molecule has 5 nitrogen and oxygen atoms in total. The summed E-state index contributed by atoms with van der Waals surface area (Å²) in [6.45, 7) is 0.308. The number of benzene rings is 2. The molecule has 0 aliphatic carbocycles. The van der Waals surface area contributed by atoms with Crippen molar-refractivity contribution in [3.8, 4) is 17.0 Å². The van der Waals surface area contributed by atoms with E-state index in [1.807, 2.05) is 6.07 Å². The zero-order chi connectivity index (χ0) is 18.3. The molecule has 0 saturated carbocycles. The van der Waals surface area contributed by atoms with Crippen LogP contribution in [0, 0.1) is 5.82 Å². The number of nitrogens with one attached hydrogen (secondary N) is 1. The normalized spacial score (nSPS) is 12.1. The number of halogens is 2. The van der Waals surface area contributed by atoms with Crippen molar-refractivity contribution in [2.24, 2.45) is 7.05 Å².